The maximum Gasteiger partial charge on any atom is 0.238 e. The molecule has 0 aliphatic rings. The first kappa shape index (κ1) is 11.0. The van der Waals surface area contributed by atoms with E-state index < -0.39 is 0 Å². The SMILES string of the molecule is CC(N)Cc1nc(-c2cc3ccccc3o2)no1. The maximum absolute atomic E-state index is 5.68. The van der Waals surface area contributed by atoms with E-state index in [1.165, 1.54) is 0 Å². The third kappa shape index (κ3) is 2.00. The highest BCUT2D eigenvalue weighted by molar-refractivity contribution is 5.81. The fourth-order valence-corrected chi connectivity index (χ4v) is 1.81. The molecule has 0 saturated carbocycles. The van der Waals surface area contributed by atoms with Gasteiger partial charge in [0.15, 0.2) is 5.76 Å². The van der Waals surface area contributed by atoms with Crippen molar-refractivity contribution in [1.82, 2.24) is 10.1 Å². The Morgan fingerprint density at radius 2 is 2.17 bits per heavy atom. The van der Waals surface area contributed by atoms with Crippen LogP contribution in [0.4, 0.5) is 0 Å². The first-order chi connectivity index (χ1) is 8.72. The highest BCUT2D eigenvalue weighted by Gasteiger charge is 2.13. The number of furan rings is 1. The first-order valence-corrected chi connectivity index (χ1v) is 5.79. The molecule has 0 fully saturated rings. The lowest BCUT2D eigenvalue weighted by molar-refractivity contribution is 0.371. The standard InChI is InChI=1S/C13H13N3O2/c1-8(14)6-12-15-13(16-18-12)11-7-9-4-2-3-5-10(9)17-11/h2-5,7-8H,6,14H2,1H3. The molecule has 0 amide bonds. The highest BCUT2D eigenvalue weighted by Crippen LogP contribution is 2.25. The quantitative estimate of drug-likeness (QED) is 0.764. The van der Waals surface area contributed by atoms with Gasteiger partial charge in [0.2, 0.25) is 11.7 Å². The van der Waals surface area contributed by atoms with Crippen LogP contribution in [0.1, 0.15) is 12.8 Å². The Balaban J connectivity index is 1.96. The third-order valence-corrected chi connectivity index (χ3v) is 2.61. The summed E-state index contributed by atoms with van der Waals surface area (Å²) >= 11 is 0. The van der Waals surface area contributed by atoms with Crippen LogP contribution in [0, 0.1) is 0 Å². The molecule has 2 N–H and O–H groups in total. The molecule has 0 radical (unpaired) electrons. The van der Waals surface area contributed by atoms with Crippen LogP contribution >= 0.6 is 0 Å². The number of hydrogen-bond donors (Lipinski definition) is 1. The Hall–Kier alpha value is -2.14. The Labute approximate surface area is 104 Å². The van der Waals surface area contributed by atoms with Gasteiger partial charge in [-0.2, -0.15) is 4.98 Å². The molecule has 18 heavy (non-hydrogen) atoms. The second kappa shape index (κ2) is 4.27. The van der Waals surface area contributed by atoms with Gasteiger partial charge < -0.3 is 14.7 Å². The molecule has 0 spiro atoms. The Morgan fingerprint density at radius 3 is 2.94 bits per heavy atom. The molecule has 2 aromatic heterocycles. The maximum atomic E-state index is 5.68. The van der Waals surface area contributed by atoms with E-state index in [1.807, 2.05) is 37.3 Å². The van der Waals surface area contributed by atoms with Gasteiger partial charge in [-0.3, -0.25) is 0 Å². The zero-order valence-electron chi connectivity index (χ0n) is 9.96. The van der Waals surface area contributed by atoms with Gasteiger partial charge >= 0.3 is 0 Å². The molecule has 0 bridgehead atoms. The third-order valence-electron chi connectivity index (χ3n) is 2.61. The molecule has 1 aromatic carbocycles. The van der Waals surface area contributed by atoms with Gasteiger partial charge in [-0.15, -0.1) is 0 Å². The lowest BCUT2D eigenvalue weighted by atomic mass is 10.2. The van der Waals surface area contributed by atoms with Crippen molar-refractivity contribution in [2.24, 2.45) is 5.73 Å². The van der Waals surface area contributed by atoms with Crippen molar-refractivity contribution in [1.29, 1.82) is 0 Å². The van der Waals surface area contributed by atoms with E-state index in [0.29, 0.717) is 23.9 Å². The van der Waals surface area contributed by atoms with Crippen LogP contribution in [-0.2, 0) is 6.42 Å². The van der Waals surface area contributed by atoms with Gasteiger partial charge in [0.1, 0.15) is 5.58 Å². The molecule has 0 aliphatic heterocycles. The van der Waals surface area contributed by atoms with Crippen LogP contribution in [0.2, 0.25) is 0 Å². The average Bonchev–Trinajstić information content (AvgIpc) is 2.93. The molecule has 1 unspecified atom stereocenters. The van der Waals surface area contributed by atoms with Crippen LogP contribution in [0.5, 0.6) is 0 Å². The molecule has 2 heterocycles. The number of para-hydroxylation sites is 1. The Morgan fingerprint density at radius 1 is 1.33 bits per heavy atom. The molecule has 3 rings (SSSR count). The smallest absolute Gasteiger partial charge is 0.238 e. The number of nitrogens with zero attached hydrogens (tertiary/aromatic N) is 2. The fourth-order valence-electron chi connectivity index (χ4n) is 1.81. The fraction of sp³-hybridized carbons (Fsp3) is 0.231. The molecule has 92 valence electrons. The van der Waals surface area contributed by atoms with E-state index in [4.69, 9.17) is 14.7 Å². The van der Waals surface area contributed by atoms with E-state index in [-0.39, 0.29) is 6.04 Å². The number of nitrogens with two attached hydrogens (primary N) is 1. The number of benzene rings is 1. The monoisotopic (exact) mass is 243 g/mol. The normalized spacial score (nSPS) is 13.0. The zero-order valence-corrected chi connectivity index (χ0v) is 9.96. The molecule has 5 heteroatoms. The Bertz CT molecular complexity index is 636. The minimum Gasteiger partial charge on any atom is -0.453 e. The summed E-state index contributed by atoms with van der Waals surface area (Å²) in [4.78, 5) is 4.26. The molecule has 3 aromatic rings. The van der Waals surface area contributed by atoms with Crippen molar-refractivity contribution in [3.63, 3.8) is 0 Å². The number of rotatable bonds is 3. The van der Waals surface area contributed by atoms with Crippen molar-refractivity contribution >= 4 is 11.0 Å². The Kier molecular flexibility index (Phi) is 2.60. The molecule has 0 saturated heterocycles. The van der Waals surface area contributed by atoms with Crippen molar-refractivity contribution in [3.8, 4) is 11.6 Å². The van der Waals surface area contributed by atoms with E-state index in [9.17, 15) is 0 Å². The lowest BCUT2D eigenvalue weighted by Crippen LogP contribution is -2.17. The summed E-state index contributed by atoms with van der Waals surface area (Å²) < 4.78 is 10.8. The van der Waals surface area contributed by atoms with Gasteiger partial charge in [-0.05, 0) is 19.1 Å². The minimum atomic E-state index is -0.00558. The number of hydrogen-bond acceptors (Lipinski definition) is 5. The van der Waals surface area contributed by atoms with Crippen molar-refractivity contribution in [2.45, 2.75) is 19.4 Å². The van der Waals surface area contributed by atoms with E-state index in [0.717, 1.165) is 11.0 Å². The van der Waals surface area contributed by atoms with Gasteiger partial charge in [0.05, 0.1) is 0 Å². The predicted molar refractivity (Wildman–Crippen MR) is 66.9 cm³/mol. The van der Waals surface area contributed by atoms with Gasteiger partial charge in [0.25, 0.3) is 0 Å². The van der Waals surface area contributed by atoms with Crippen LogP contribution in [0.25, 0.3) is 22.6 Å². The van der Waals surface area contributed by atoms with Gasteiger partial charge in [-0.25, -0.2) is 0 Å². The predicted octanol–water partition coefficient (Wildman–Crippen LogP) is 2.37. The number of aromatic nitrogens is 2. The van der Waals surface area contributed by atoms with Crippen molar-refractivity contribution in [3.05, 3.63) is 36.2 Å². The summed E-state index contributed by atoms with van der Waals surface area (Å²) in [6, 6.07) is 9.66. The summed E-state index contributed by atoms with van der Waals surface area (Å²) in [7, 11) is 0. The van der Waals surface area contributed by atoms with Crippen LogP contribution in [0.3, 0.4) is 0 Å². The molecule has 5 nitrogen and oxygen atoms in total. The van der Waals surface area contributed by atoms with Crippen LogP contribution in [-0.4, -0.2) is 16.2 Å². The molecule has 1 atom stereocenters. The summed E-state index contributed by atoms with van der Waals surface area (Å²) in [6.07, 6.45) is 0.563. The zero-order chi connectivity index (χ0) is 12.5. The van der Waals surface area contributed by atoms with Crippen LogP contribution in [0.15, 0.2) is 39.3 Å². The summed E-state index contributed by atoms with van der Waals surface area (Å²) in [6.45, 7) is 1.89. The molecule has 0 aliphatic carbocycles. The van der Waals surface area contributed by atoms with E-state index in [1.54, 1.807) is 0 Å². The minimum absolute atomic E-state index is 0.00558. The van der Waals surface area contributed by atoms with Gasteiger partial charge in [-0.1, -0.05) is 23.4 Å². The van der Waals surface area contributed by atoms with Crippen molar-refractivity contribution in [2.75, 3.05) is 0 Å². The van der Waals surface area contributed by atoms with Crippen LogP contribution < -0.4 is 5.73 Å². The number of fused-ring (bicyclic) bond motifs is 1. The molecular formula is C13H13N3O2. The molecular weight excluding hydrogens is 230 g/mol. The first-order valence-electron chi connectivity index (χ1n) is 5.79. The van der Waals surface area contributed by atoms with E-state index >= 15 is 0 Å². The topological polar surface area (TPSA) is 78.1 Å². The second-order valence-corrected chi connectivity index (χ2v) is 4.34. The van der Waals surface area contributed by atoms with Crippen molar-refractivity contribution < 1.29 is 8.94 Å². The average molecular weight is 243 g/mol. The summed E-state index contributed by atoms with van der Waals surface area (Å²) in [5.41, 5.74) is 6.49. The summed E-state index contributed by atoms with van der Waals surface area (Å²) in [5.74, 6) is 1.60. The summed E-state index contributed by atoms with van der Waals surface area (Å²) in [5, 5.41) is 4.92. The van der Waals surface area contributed by atoms with E-state index in [2.05, 4.69) is 10.1 Å². The van der Waals surface area contributed by atoms with Gasteiger partial charge in [0, 0.05) is 17.8 Å². The highest BCUT2D eigenvalue weighted by atomic mass is 16.5. The second-order valence-electron chi connectivity index (χ2n) is 4.34. The largest absolute Gasteiger partial charge is 0.453 e. The lowest BCUT2D eigenvalue weighted by Gasteiger charge is -1.96.